The lowest BCUT2D eigenvalue weighted by molar-refractivity contribution is -0.238. The third kappa shape index (κ3) is 4.34. The normalized spacial score (nSPS) is 43.2. The summed E-state index contributed by atoms with van der Waals surface area (Å²) in [6.45, 7) is 6.82. The summed E-state index contributed by atoms with van der Waals surface area (Å²) in [7, 11) is 0. The zero-order valence-electron chi connectivity index (χ0n) is 22.2. The number of aliphatic hydroxyl groups excluding tert-OH is 2. The minimum atomic E-state index is -2.65. The molecule has 0 aromatic heterocycles. The molecule has 4 fully saturated rings. The molecule has 202 valence electrons. The van der Waals surface area contributed by atoms with Gasteiger partial charge in [-0.05, 0) is 97.9 Å². The van der Waals surface area contributed by atoms with Crippen LogP contribution in [0.1, 0.15) is 103 Å². The number of rotatable bonds is 6. The molecule has 2 nitrogen and oxygen atoms in total. The summed E-state index contributed by atoms with van der Waals surface area (Å²) in [6, 6.07) is 6.41. The Morgan fingerprint density at radius 2 is 1.67 bits per heavy atom. The number of hydrogen-bond acceptors (Lipinski definition) is 2. The van der Waals surface area contributed by atoms with Crippen LogP contribution in [0.4, 0.5) is 13.2 Å². The van der Waals surface area contributed by atoms with Gasteiger partial charge in [-0.15, -0.1) is 0 Å². The quantitative estimate of drug-likeness (QED) is 0.411. The topological polar surface area (TPSA) is 40.5 Å². The van der Waals surface area contributed by atoms with Crippen LogP contribution in [0.25, 0.3) is 0 Å². The molecule has 5 rings (SSSR count). The highest BCUT2D eigenvalue weighted by molar-refractivity contribution is 5.19. The van der Waals surface area contributed by atoms with Crippen LogP contribution in [-0.2, 0) is 0 Å². The van der Waals surface area contributed by atoms with Gasteiger partial charge in [-0.2, -0.15) is 0 Å². The number of aliphatic hydroxyl groups is 2. The van der Waals surface area contributed by atoms with Crippen LogP contribution in [0.2, 0.25) is 0 Å². The Hall–Kier alpha value is -1.07. The fraction of sp³-hybridized carbons (Fsp3) is 0.806. The van der Waals surface area contributed by atoms with Gasteiger partial charge < -0.3 is 10.2 Å². The molecule has 36 heavy (non-hydrogen) atoms. The monoisotopic (exact) mass is 506 g/mol. The maximum Gasteiger partial charge on any atom is 0.251 e. The van der Waals surface area contributed by atoms with Crippen LogP contribution in [0.3, 0.4) is 0 Å². The smallest absolute Gasteiger partial charge is 0.251 e. The third-order valence-corrected chi connectivity index (χ3v) is 11.8. The van der Waals surface area contributed by atoms with Crippen LogP contribution in [-0.4, -0.2) is 22.2 Å². The second kappa shape index (κ2) is 9.59. The highest BCUT2D eigenvalue weighted by Gasteiger charge is 2.68. The first-order valence-electron chi connectivity index (χ1n) is 14.5. The Balaban J connectivity index is 1.27. The summed E-state index contributed by atoms with van der Waals surface area (Å²) in [4.78, 5) is 0. The largest absolute Gasteiger partial charge is 0.393 e. The SMILES string of the molecule is C[C@H](CCCC(O)c1ccccc1F)[C@H]1CC[C@H]2[C@H]3[C@H](CC[C@]12C)[C@@]1(C)CC[C@H](O)CC1CC3(F)F. The van der Waals surface area contributed by atoms with Gasteiger partial charge in [-0.1, -0.05) is 51.8 Å². The van der Waals surface area contributed by atoms with Crippen molar-refractivity contribution < 1.29 is 23.4 Å². The standard InChI is InChI=1S/C31H45F3O2/c1-19(7-6-10-27(36)22-8-4-5-9-26(22)32)23-11-12-24-28-25(14-16-30(23,24)3)29(2)15-13-21(35)17-20(29)18-31(28,33)34/h4-5,8-9,19-21,23-25,27-28,35-36H,6-7,10-18H2,1-3H3/t19-,20?,21+,23-,24+,25+,27?,28+,29+,30-/m1/s1. The molecular formula is C31H45F3O2. The average molecular weight is 507 g/mol. The van der Waals surface area contributed by atoms with Crippen molar-refractivity contribution in [3.8, 4) is 0 Å². The molecule has 4 aliphatic carbocycles. The van der Waals surface area contributed by atoms with Crippen molar-refractivity contribution in [3.63, 3.8) is 0 Å². The van der Waals surface area contributed by atoms with E-state index in [1.165, 1.54) is 6.07 Å². The summed E-state index contributed by atoms with van der Waals surface area (Å²) >= 11 is 0. The highest BCUT2D eigenvalue weighted by Crippen LogP contribution is 2.71. The molecule has 0 saturated heterocycles. The summed E-state index contributed by atoms with van der Waals surface area (Å²) in [5, 5.41) is 20.7. The fourth-order valence-electron chi connectivity index (χ4n) is 9.85. The zero-order chi connectivity index (χ0) is 25.9. The first kappa shape index (κ1) is 26.5. The molecule has 0 radical (unpaired) electrons. The maximum atomic E-state index is 15.9. The predicted octanol–water partition coefficient (Wildman–Crippen LogP) is 7.93. The number of benzene rings is 1. The lowest BCUT2D eigenvalue weighted by atomic mass is 9.43. The predicted molar refractivity (Wildman–Crippen MR) is 136 cm³/mol. The van der Waals surface area contributed by atoms with Crippen LogP contribution in [0, 0.1) is 52.2 Å². The van der Waals surface area contributed by atoms with Gasteiger partial charge in [0.1, 0.15) is 5.82 Å². The Morgan fingerprint density at radius 3 is 2.42 bits per heavy atom. The number of hydrogen-bond donors (Lipinski definition) is 2. The second-order valence-electron chi connectivity index (χ2n) is 13.5. The van der Waals surface area contributed by atoms with E-state index in [1.54, 1.807) is 18.2 Å². The molecule has 0 bridgehead atoms. The van der Waals surface area contributed by atoms with Gasteiger partial charge in [0.05, 0.1) is 12.2 Å². The molecule has 0 aliphatic heterocycles. The Labute approximate surface area is 215 Å². The summed E-state index contributed by atoms with van der Waals surface area (Å²) in [5.74, 6) is -2.68. The van der Waals surface area contributed by atoms with Crippen molar-refractivity contribution in [2.45, 2.75) is 110 Å². The Morgan fingerprint density at radius 1 is 0.972 bits per heavy atom. The van der Waals surface area contributed by atoms with Crippen molar-refractivity contribution in [1.29, 1.82) is 0 Å². The minimum absolute atomic E-state index is 0.0531. The summed E-state index contributed by atoms with van der Waals surface area (Å²) in [6.07, 6.45) is 6.95. The minimum Gasteiger partial charge on any atom is -0.393 e. The average Bonchev–Trinajstić information content (AvgIpc) is 3.17. The van der Waals surface area contributed by atoms with Gasteiger partial charge in [-0.25, -0.2) is 13.2 Å². The molecule has 0 spiro atoms. The number of halogens is 3. The Kier molecular flexibility index (Phi) is 7.07. The van der Waals surface area contributed by atoms with Gasteiger partial charge in [0, 0.05) is 17.9 Å². The van der Waals surface area contributed by atoms with Crippen molar-refractivity contribution in [1.82, 2.24) is 0 Å². The lowest BCUT2D eigenvalue weighted by Crippen LogP contribution is -2.61. The van der Waals surface area contributed by atoms with Crippen molar-refractivity contribution in [2.75, 3.05) is 0 Å². The van der Waals surface area contributed by atoms with E-state index in [-0.39, 0.29) is 40.8 Å². The molecular weight excluding hydrogens is 461 g/mol. The van der Waals surface area contributed by atoms with E-state index in [4.69, 9.17) is 0 Å². The molecule has 5 heteroatoms. The van der Waals surface area contributed by atoms with Gasteiger partial charge in [0.25, 0.3) is 5.92 Å². The molecule has 4 saturated carbocycles. The van der Waals surface area contributed by atoms with E-state index < -0.39 is 24.0 Å². The van der Waals surface area contributed by atoms with E-state index in [0.29, 0.717) is 30.2 Å². The van der Waals surface area contributed by atoms with E-state index in [0.717, 1.165) is 51.4 Å². The summed E-state index contributed by atoms with van der Waals surface area (Å²) < 4.78 is 45.8. The van der Waals surface area contributed by atoms with Gasteiger partial charge in [0.15, 0.2) is 0 Å². The third-order valence-electron chi connectivity index (χ3n) is 11.8. The summed E-state index contributed by atoms with van der Waals surface area (Å²) in [5.41, 5.74) is 0.225. The van der Waals surface area contributed by atoms with Gasteiger partial charge in [-0.3, -0.25) is 0 Å². The van der Waals surface area contributed by atoms with Gasteiger partial charge in [0.2, 0.25) is 0 Å². The number of alkyl halides is 2. The Bertz CT molecular complexity index is 936. The van der Waals surface area contributed by atoms with Crippen LogP contribution in [0.5, 0.6) is 0 Å². The molecule has 2 N–H and O–H groups in total. The molecule has 2 unspecified atom stereocenters. The van der Waals surface area contributed by atoms with E-state index >= 15 is 8.78 Å². The highest BCUT2D eigenvalue weighted by atomic mass is 19.3. The number of fused-ring (bicyclic) bond motifs is 5. The molecule has 4 aliphatic rings. The van der Waals surface area contributed by atoms with Crippen molar-refractivity contribution >= 4 is 0 Å². The first-order valence-corrected chi connectivity index (χ1v) is 14.5. The van der Waals surface area contributed by atoms with E-state index in [2.05, 4.69) is 20.8 Å². The van der Waals surface area contributed by atoms with Gasteiger partial charge >= 0.3 is 0 Å². The van der Waals surface area contributed by atoms with Crippen LogP contribution in [0.15, 0.2) is 24.3 Å². The van der Waals surface area contributed by atoms with Crippen LogP contribution < -0.4 is 0 Å². The van der Waals surface area contributed by atoms with E-state index in [9.17, 15) is 14.6 Å². The molecule has 0 amide bonds. The van der Waals surface area contributed by atoms with Crippen molar-refractivity contribution in [2.24, 2.45) is 46.3 Å². The lowest BCUT2D eigenvalue weighted by Gasteiger charge is -2.63. The van der Waals surface area contributed by atoms with E-state index in [1.807, 2.05) is 0 Å². The maximum absolute atomic E-state index is 15.9. The molecule has 0 heterocycles. The zero-order valence-corrected chi connectivity index (χ0v) is 22.2. The first-order chi connectivity index (χ1) is 17.0. The fourth-order valence-corrected chi connectivity index (χ4v) is 9.85. The van der Waals surface area contributed by atoms with Crippen molar-refractivity contribution in [3.05, 3.63) is 35.6 Å². The molecule has 1 aromatic rings. The molecule has 1 aromatic carbocycles. The molecule has 10 atom stereocenters. The van der Waals surface area contributed by atoms with Crippen LogP contribution >= 0.6 is 0 Å². The second-order valence-corrected chi connectivity index (χ2v) is 13.5.